The topological polar surface area (TPSA) is 6.48 Å². The molecule has 0 fully saturated rings. The van der Waals surface area contributed by atoms with Crippen LogP contribution in [0, 0.1) is 0 Å². The fraction of sp³-hybridized carbons (Fsp3) is 0.0370. The minimum Gasteiger partial charge on any atom is -0.314 e. The molecule has 0 N–H and O–H groups in total. The van der Waals surface area contributed by atoms with E-state index in [-0.39, 0.29) is 0 Å². The maximum Gasteiger partial charge on any atom is 0.0540 e. The zero-order valence-electron chi connectivity index (χ0n) is 31.6. The summed E-state index contributed by atoms with van der Waals surface area (Å²) in [5.41, 5.74) is 9.91. The highest BCUT2D eigenvalue weighted by Gasteiger charge is 2.23. The van der Waals surface area contributed by atoms with Gasteiger partial charge in [-0.05, 0) is 112 Å². The summed E-state index contributed by atoms with van der Waals surface area (Å²) in [5.74, 6) is 0. The van der Waals surface area contributed by atoms with Crippen LogP contribution in [-0.4, -0.2) is 0 Å². The first-order valence-electron chi connectivity index (χ1n) is 20.0. The van der Waals surface area contributed by atoms with Gasteiger partial charge in [0.25, 0.3) is 0 Å². The van der Waals surface area contributed by atoms with Crippen molar-refractivity contribution in [2.75, 3.05) is 9.80 Å². The van der Waals surface area contributed by atoms with Crippen LogP contribution < -0.4 is 9.80 Å². The number of hydrogen-bond acceptors (Lipinski definition) is 4. The Balaban J connectivity index is 1.05. The van der Waals surface area contributed by atoms with Gasteiger partial charge in [-0.1, -0.05) is 127 Å². The fourth-order valence-electron chi connectivity index (χ4n) is 9.21. The Morgan fingerprint density at radius 3 is 1.55 bits per heavy atom. The van der Waals surface area contributed by atoms with E-state index in [2.05, 4.69) is 204 Å². The molecule has 4 heteroatoms. The van der Waals surface area contributed by atoms with Crippen molar-refractivity contribution in [3.8, 4) is 0 Å². The van der Waals surface area contributed by atoms with Gasteiger partial charge in [-0.15, -0.1) is 22.7 Å². The molecule has 2 aromatic heterocycles. The zero-order chi connectivity index (χ0) is 38.2. The average Bonchev–Trinajstić information content (AvgIpc) is 3.86. The number of benzene rings is 9. The summed E-state index contributed by atoms with van der Waals surface area (Å²) in [4.78, 5) is 4.87. The van der Waals surface area contributed by atoms with Gasteiger partial charge in [0.2, 0.25) is 0 Å². The standard InChI is InChI=1S/C54H36N2S2/c1-3-17-39(18-4-1)55(41-25-23-35-13-7-9-15-37(35)31-41)43-27-29-47-49(33-43)57-53-51(47)45-21-11-12-22-46(45)52-48-30-28-44(34-50(48)58-54(52)53)56(40-19-5-2-6-20-40)42-26-24-36-14-8-10-16-38(36)32-42/h1-23,25,27-34H,24,26H2. The first-order chi connectivity index (χ1) is 28.7. The summed E-state index contributed by atoms with van der Waals surface area (Å²) in [6.45, 7) is 0. The predicted octanol–water partition coefficient (Wildman–Crippen LogP) is 16.3. The Morgan fingerprint density at radius 1 is 0.362 bits per heavy atom. The maximum absolute atomic E-state index is 2.47. The Labute approximate surface area is 344 Å². The van der Waals surface area contributed by atoms with Crippen LogP contribution in [0.25, 0.3) is 68.0 Å². The Bertz CT molecular complexity index is 3410. The van der Waals surface area contributed by atoms with Crippen molar-refractivity contribution in [1.29, 1.82) is 0 Å². The summed E-state index contributed by atoms with van der Waals surface area (Å²) >= 11 is 3.88. The number of para-hydroxylation sites is 2. The molecule has 12 rings (SSSR count). The Kier molecular flexibility index (Phi) is 7.75. The molecule has 11 aromatic rings. The van der Waals surface area contributed by atoms with E-state index in [1.165, 1.54) is 90.1 Å². The monoisotopic (exact) mass is 776 g/mol. The van der Waals surface area contributed by atoms with E-state index in [0.29, 0.717) is 0 Å². The fourth-order valence-corrected chi connectivity index (χ4v) is 11.9. The number of allylic oxidation sites excluding steroid dienone is 1. The minimum absolute atomic E-state index is 0.994. The summed E-state index contributed by atoms with van der Waals surface area (Å²) in [5, 5.41) is 10.5. The highest BCUT2D eigenvalue weighted by atomic mass is 32.1. The third-order valence-corrected chi connectivity index (χ3v) is 14.3. The molecule has 0 unspecified atom stereocenters. The Morgan fingerprint density at radius 2 is 0.879 bits per heavy atom. The largest absolute Gasteiger partial charge is 0.314 e. The van der Waals surface area contributed by atoms with Gasteiger partial charge in [0.05, 0.1) is 9.40 Å². The number of anilines is 5. The SMILES string of the molecule is C1=C(N(c2ccccc2)c2ccc3c(c2)sc2c4sc5cc(N(c6ccccc6)c6ccc7ccccc7c6)ccc5c4c4ccccc4c32)CCc2ccccc21. The second-order valence-electron chi connectivity index (χ2n) is 15.2. The minimum atomic E-state index is 0.994. The lowest BCUT2D eigenvalue weighted by atomic mass is 9.94. The second-order valence-corrected chi connectivity index (χ2v) is 17.3. The van der Waals surface area contributed by atoms with Crippen molar-refractivity contribution in [3.05, 3.63) is 205 Å². The lowest BCUT2D eigenvalue weighted by molar-refractivity contribution is 0.894. The molecule has 0 saturated carbocycles. The van der Waals surface area contributed by atoms with E-state index in [1.54, 1.807) is 0 Å². The second kappa shape index (κ2) is 13.5. The van der Waals surface area contributed by atoms with E-state index >= 15 is 0 Å². The molecule has 0 amide bonds. The summed E-state index contributed by atoms with van der Waals surface area (Å²) in [6, 6.07) is 69.1. The van der Waals surface area contributed by atoms with Crippen molar-refractivity contribution in [3.63, 3.8) is 0 Å². The van der Waals surface area contributed by atoms with Crippen LogP contribution in [0.15, 0.2) is 194 Å². The summed E-state index contributed by atoms with van der Waals surface area (Å²) < 4.78 is 5.35. The van der Waals surface area contributed by atoms with Crippen molar-refractivity contribution in [2.45, 2.75) is 12.8 Å². The molecule has 1 aliphatic rings. The van der Waals surface area contributed by atoms with E-state index < -0.39 is 0 Å². The van der Waals surface area contributed by atoms with E-state index in [4.69, 9.17) is 0 Å². The number of thiophene rings is 2. The summed E-state index contributed by atoms with van der Waals surface area (Å²) in [6.07, 6.45) is 4.43. The lowest BCUT2D eigenvalue weighted by Crippen LogP contribution is -2.19. The van der Waals surface area contributed by atoms with Gasteiger partial charge < -0.3 is 9.80 Å². The van der Waals surface area contributed by atoms with Crippen molar-refractivity contribution < 1.29 is 0 Å². The number of aryl methyl sites for hydroxylation is 1. The molecule has 9 aromatic carbocycles. The third kappa shape index (κ3) is 5.37. The smallest absolute Gasteiger partial charge is 0.0540 e. The third-order valence-electron chi connectivity index (χ3n) is 11.9. The predicted molar refractivity (Wildman–Crippen MR) is 253 cm³/mol. The van der Waals surface area contributed by atoms with Crippen molar-refractivity contribution in [2.24, 2.45) is 0 Å². The van der Waals surface area contributed by atoms with Crippen LogP contribution in [0.1, 0.15) is 17.5 Å². The molecular formula is C54H36N2S2. The van der Waals surface area contributed by atoms with Crippen LogP contribution >= 0.6 is 22.7 Å². The first-order valence-corrected chi connectivity index (χ1v) is 21.6. The summed E-state index contributed by atoms with van der Waals surface area (Å²) in [7, 11) is 0. The van der Waals surface area contributed by atoms with E-state index in [9.17, 15) is 0 Å². The molecule has 274 valence electrons. The molecule has 58 heavy (non-hydrogen) atoms. The van der Waals surface area contributed by atoms with Gasteiger partial charge in [0.15, 0.2) is 0 Å². The average molecular weight is 777 g/mol. The highest BCUT2D eigenvalue weighted by Crippen LogP contribution is 2.51. The zero-order valence-corrected chi connectivity index (χ0v) is 33.2. The molecule has 0 atom stereocenters. The molecule has 0 spiro atoms. The lowest BCUT2D eigenvalue weighted by Gasteiger charge is -2.30. The molecule has 0 saturated heterocycles. The van der Waals surface area contributed by atoms with E-state index in [1.807, 2.05) is 22.7 Å². The quantitative estimate of drug-likeness (QED) is 0.166. The molecular weight excluding hydrogens is 741 g/mol. The molecule has 1 aliphatic carbocycles. The van der Waals surface area contributed by atoms with Crippen LogP contribution in [0.4, 0.5) is 28.4 Å². The van der Waals surface area contributed by atoms with Crippen molar-refractivity contribution in [1.82, 2.24) is 0 Å². The number of rotatable bonds is 6. The number of hydrogen-bond donors (Lipinski definition) is 0. The number of fused-ring (bicyclic) bond motifs is 12. The van der Waals surface area contributed by atoms with Crippen molar-refractivity contribution >= 4 is 119 Å². The van der Waals surface area contributed by atoms with Crippen LogP contribution in [0.3, 0.4) is 0 Å². The Hall–Kier alpha value is -6.72. The molecule has 0 aliphatic heterocycles. The molecule has 2 nitrogen and oxygen atoms in total. The molecule has 0 bridgehead atoms. The van der Waals surface area contributed by atoms with Gasteiger partial charge in [-0.2, -0.15) is 0 Å². The number of nitrogens with zero attached hydrogens (tertiary/aromatic N) is 2. The first kappa shape index (κ1) is 33.4. The van der Waals surface area contributed by atoms with Crippen LogP contribution in [-0.2, 0) is 6.42 Å². The van der Waals surface area contributed by atoms with Gasteiger partial charge in [-0.3, -0.25) is 0 Å². The van der Waals surface area contributed by atoms with Gasteiger partial charge in [0, 0.05) is 65.1 Å². The van der Waals surface area contributed by atoms with Crippen LogP contribution in [0.5, 0.6) is 0 Å². The van der Waals surface area contributed by atoms with Crippen LogP contribution in [0.2, 0.25) is 0 Å². The molecule has 0 radical (unpaired) electrons. The molecule has 2 heterocycles. The van der Waals surface area contributed by atoms with Gasteiger partial charge in [-0.25, -0.2) is 0 Å². The van der Waals surface area contributed by atoms with Gasteiger partial charge in [0.1, 0.15) is 0 Å². The van der Waals surface area contributed by atoms with E-state index in [0.717, 1.165) is 29.9 Å². The normalized spacial score (nSPS) is 12.8. The maximum atomic E-state index is 2.47. The highest BCUT2D eigenvalue weighted by molar-refractivity contribution is 7.33. The van der Waals surface area contributed by atoms with Gasteiger partial charge >= 0.3 is 0 Å².